The van der Waals surface area contributed by atoms with Crippen molar-refractivity contribution in [1.29, 1.82) is 0 Å². The molecule has 32 heavy (non-hydrogen) atoms. The number of aliphatic carboxylic acids is 1. The van der Waals surface area contributed by atoms with Crippen LogP contribution < -0.4 is 9.64 Å². The number of rotatable bonds is 8. The van der Waals surface area contributed by atoms with Crippen molar-refractivity contribution in [2.75, 3.05) is 24.7 Å². The molecule has 1 aliphatic heterocycles. The maximum absolute atomic E-state index is 13.7. The van der Waals surface area contributed by atoms with Gasteiger partial charge in [0, 0.05) is 31.2 Å². The molecule has 1 aromatic rings. The zero-order valence-electron chi connectivity index (χ0n) is 19.1. The average Bonchev–Trinajstić information content (AvgIpc) is 2.72. The van der Waals surface area contributed by atoms with Gasteiger partial charge in [0.25, 0.3) is 0 Å². The van der Waals surface area contributed by atoms with E-state index < -0.39 is 16.0 Å². The Kier molecular flexibility index (Phi) is 6.28. The van der Waals surface area contributed by atoms with Gasteiger partial charge in [-0.3, -0.25) is 0 Å². The summed E-state index contributed by atoms with van der Waals surface area (Å²) >= 11 is 1.47. The van der Waals surface area contributed by atoms with Crippen molar-refractivity contribution in [1.82, 2.24) is 4.31 Å². The van der Waals surface area contributed by atoms with Crippen LogP contribution in [0.5, 0.6) is 5.75 Å². The van der Waals surface area contributed by atoms with Crippen LogP contribution in [0.15, 0.2) is 33.8 Å². The monoisotopic (exact) mass is 480 g/mol. The van der Waals surface area contributed by atoms with Gasteiger partial charge in [-0.1, -0.05) is 19.8 Å². The van der Waals surface area contributed by atoms with Crippen molar-refractivity contribution in [3.63, 3.8) is 0 Å². The minimum Gasteiger partial charge on any atom is -0.478 e. The molecule has 0 amide bonds. The number of hydrogen-bond donors (Lipinski definition) is 1. The molecule has 3 saturated carbocycles. The van der Waals surface area contributed by atoms with Gasteiger partial charge in [0.1, 0.15) is 16.4 Å². The van der Waals surface area contributed by atoms with Gasteiger partial charge in [-0.15, -0.1) is 11.8 Å². The summed E-state index contributed by atoms with van der Waals surface area (Å²) in [6.45, 7) is 4.38. The van der Waals surface area contributed by atoms with Gasteiger partial charge in [-0.2, -0.15) is 4.31 Å². The number of carboxylic acids is 1. The average molecular weight is 481 g/mol. The lowest BCUT2D eigenvalue weighted by atomic mass is 9.49. The summed E-state index contributed by atoms with van der Waals surface area (Å²) in [5, 5.41) is 9.03. The number of carbonyl (C=O) groups is 1. The van der Waals surface area contributed by atoms with Gasteiger partial charge in [-0.25, -0.2) is 13.2 Å². The van der Waals surface area contributed by atoms with Gasteiger partial charge >= 0.3 is 5.97 Å². The highest BCUT2D eigenvalue weighted by atomic mass is 32.2. The molecule has 4 aliphatic rings. The van der Waals surface area contributed by atoms with E-state index in [1.807, 2.05) is 12.3 Å². The Morgan fingerprint density at radius 1 is 1.34 bits per heavy atom. The highest BCUT2D eigenvalue weighted by Crippen LogP contribution is 2.62. The predicted octanol–water partition coefficient (Wildman–Crippen LogP) is 4.33. The maximum atomic E-state index is 13.7. The molecule has 176 valence electrons. The van der Waals surface area contributed by atoms with Gasteiger partial charge in [-0.05, 0) is 50.8 Å². The first-order valence-electron chi connectivity index (χ1n) is 11.2. The molecule has 7 nitrogen and oxygen atoms in total. The van der Waals surface area contributed by atoms with Crippen molar-refractivity contribution in [3.05, 3.63) is 24.0 Å². The molecule has 0 radical (unpaired) electrons. The summed E-state index contributed by atoms with van der Waals surface area (Å²) < 4.78 is 34.8. The molecule has 2 bridgehead atoms. The molecule has 9 heteroatoms. The van der Waals surface area contributed by atoms with Crippen LogP contribution in [-0.4, -0.2) is 55.2 Å². The van der Waals surface area contributed by atoms with Crippen molar-refractivity contribution < 1.29 is 23.1 Å². The van der Waals surface area contributed by atoms with Crippen LogP contribution >= 0.6 is 11.8 Å². The fourth-order valence-electron chi connectivity index (χ4n) is 5.26. The van der Waals surface area contributed by atoms with E-state index in [0.29, 0.717) is 12.3 Å². The molecule has 3 aliphatic carbocycles. The van der Waals surface area contributed by atoms with E-state index in [4.69, 9.17) is 9.84 Å². The zero-order valence-corrected chi connectivity index (χ0v) is 20.8. The van der Waals surface area contributed by atoms with Crippen LogP contribution in [0.4, 0.5) is 5.69 Å². The predicted molar refractivity (Wildman–Crippen MR) is 126 cm³/mol. The summed E-state index contributed by atoms with van der Waals surface area (Å²) in [5.41, 5.74) is 0.826. The second kappa shape index (κ2) is 8.57. The standard InChI is InChI=1S/C23H32N2O5S2/c1-5-6-7-17-14-25(23-11-16(12-23)13-23)18-9-20(31-4)19(30-15(2)8-22(26)27)10-21(18)32(28,29)24(17)3/h8-10,16-17H,5-7,11-14H2,1-4H3,(H,26,27)/b15-8+/t16?,17-,23?/m1/s1. The molecule has 0 spiro atoms. The molecule has 0 unspecified atom stereocenters. The Hall–Kier alpha value is -1.71. The van der Waals surface area contributed by atoms with Gasteiger partial charge < -0.3 is 14.7 Å². The zero-order chi connectivity index (χ0) is 23.3. The van der Waals surface area contributed by atoms with E-state index in [0.717, 1.165) is 61.1 Å². The van der Waals surface area contributed by atoms with E-state index in [2.05, 4.69) is 11.8 Å². The molecule has 5 rings (SSSR count). The van der Waals surface area contributed by atoms with Crippen LogP contribution in [0.3, 0.4) is 0 Å². The number of hydrogen-bond acceptors (Lipinski definition) is 6. The first-order chi connectivity index (χ1) is 15.1. The van der Waals surface area contributed by atoms with E-state index in [1.54, 1.807) is 20.0 Å². The molecule has 1 heterocycles. The number of ether oxygens (including phenoxy) is 1. The highest BCUT2D eigenvalue weighted by Gasteiger charge is 2.61. The minimum atomic E-state index is -3.74. The normalized spacial score (nSPS) is 28.9. The number of thioether (sulfide) groups is 1. The summed E-state index contributed by atoms with van der Waals surface area (Å²) in [6, 6.07) is 3.43. The number of anilines is 1. The number of unbranched alkanes of at least 4 members (excludes halogenated alkanes) is 1. The Bertz CT molecular complexity index is 1040. The van der Waals surface area contributed by atoms with Gasteiger partial charge in [0.2, 0.25) is 10.0 Å². The van der Waals surface area contributed by atoms with E-state index in [1.165, 1.54) is 16.1 Å². The fourth-order valence-corrected chi connectivity index (χ4v) is 7.36. The molecule has 0 aromatic heterocycles. The van der Waals surface area contributed by atoms with Crippen LogP contribution in [0, 0.1) is 5.92 Å². The SMILES string of the molecule is CCCC[C@@H]1CN(C23CC(C2)C3)c2cc(SC)c(O/C(C)=C/C(=O)O)cc2S(=O)(=O)N1C. The van der Waals surface area contributed by atoms with Crippen molar-refractivity contribution in [2.24, 2.45) is 5.92 Å². The van der Waals surface area contributed by atoms with Crippen molar-refractivity contribution >= 4 is 33.4 Å². The van der Waals surface area contributed by atoms with Gasteiger partial charge in [0.15, 0.2) is 0 Å². The summed E-state index contributed by atoms with van der Waals surface area (Å²) in [5.74, 6) is 0.234. The summed E-state index contributed by atoms with van der Waals surface area (Å²) in [7, 11) is -2.05. The Morgan fingerprint density at radius 2 is 2.03 bits per heavy atom. The topological polar surface area (TPSA) is 87.1 Å². The van der Waals surface area contributed by atoms with Gasteiger partial charge in [0.05, 0.1) is 16.7 Å². The Morgan fingerprint density at radius 3 is 2.56 bits per heavy atom. The van der Waals surface area contributed by atoms with Crippen LogP contribution in [-0.2, 0) is 14.8 Å². The van der Waals surface area contributed by atoms with Crippen LogP contribution in [0.2, 0.25) is 0 Å². The number of likely N-dealkylation sites (N-methyl/N-ethyl adjacent to an activating group) is 1. The number of carboxylic acid groups (broad SMARTS) is 1. The number of nitrogens with zero attached hydrogens (tertiary/aromatic N) is 2. The molecular formula is C23H32N2O5S2. The second-order valence-corrected chi connectivity index (χ2v) is 12.1. The lowest BCUT2D eigenvalue weighted by Crippen LogP contribution is -2.69. The fraction of sp³-hybridized carbons (Fsp3) is 0.609. The Balaban J connectivity index is 1.83. The Labute approximate surface area is 194 Å². The largest absolute Gasteiger partial charge is 0.478 e. The summed E-state index contributed by atoms with van der Waals surface area (Å²) in [4.78, 5) is 14.4. The van der Waals surface area contributed by atoms with Crippen LogP contribution in [0.1, 0.15) is 52.4 Å². The molecule has 1 aromatic carbocycles. The second-order valence-electron chi connectivity index (χ2n) is 9.30. The third-order valence-electron chi connectivity index (χ3n) is 7.17. The minimum absolute atomic E-state index is 0.0712. The molecule has 3 fully saturated rings. The third kappa shape index (κ3) is 3.92. The lowest BCUT2D eigenvalue weighted by Gasteiger charge is -2.67. The number of sulfonamides is 1. The molecular weight excluding hydrogens is 448 g/mol. The maximum Gasteiger partial charge on any atom is 0.331 e. The molecule has 0 saturated heterocycles. The third-order valence-corrected chi connectivity index (χ3v) is 9.87. The highest BCUT2D eigenvalue weighted by molar-refractivity contribution is 7.98. The van der Waals surface area contributed by atoms with E-state index in [-0.39, 0.29) is 22.2 Å². The van der Waals surface area contributed by atoms with Crippen LogP contribution in [0.25, 0.3) is 0 Å². The molecule has 1 atom stereocenters. The lowest BCUT2D eigenvalue weighted by molar-refractivity contribution is -0.131. The van der Waals surface area contributed by atoms with E-state index in [9.17, 15) is 13.2 Å². The first kappa shape index (κ1) is 23.4. The number of benzene rings is 1. The van der Waals surface area contributed by atoms with Crippen molar-refractivity contribution in [3.8, 4) is 5.75 Å². The quantitative estimate of drug-likeness (QED) is 0.337. The smallest absolute Gasteiger partial charge is 0.331 e. The van der Waals surface area contributed by atoms with E-state index >= 15 is 0 Å². The van der Waals surface area contributed by atoms with Crippen molar-refractivity contribution in [2.45, 2.75) is 73.7 Å². The first-order valence-corrected chi connectivity index (χ1v) is 13.8. The molecule has 1 N–H and O–H groups in total. The number of allylic oxidation sites excluding steroid dienone is 1. The number of fused-ring (bicyclic) bond motifs is 1. The summed E-state index contributed by atoms with van der Waals surface area (Å²) in [6.07, 6.45) is 9.11.